The number of alkyl halides is 1. The van der Waals surface area contributed by atoms with Crippen molar-refractivity contribution < 1.29 is 8.42 Å². The maximum absolute atomic E-state index is 11.7. The maximum atomic E-state index is 11.7. The van der Waals surface area contributed by atoms with Crippen LogP contribution in [0.15, 0.2) is 24.3 Å². The van der Waals surface area contributed by atoms with E-state index in [0.717, 1.165) is 5.56 Å². The molecule has 0 saturated carbocycles. The normalized spacial score (nSPS) is 13.5. The molecule has 0 bridgehead atoms. The molecule has 1 rings (SSSR count). The fraction of sp³-hybridized carbons (Fsp3) is 0.571. The molecule has 1 aromatic rings. The van der Waals surface area contributed by atoms with Crippen molar-refractivity contribution in [2.24, 2.45) is 0 Å². The Hall–Kier alpha value is -0.540. The number of rotatable bonds is 7. The molecule has 0 N–H and O–H groups in total. The summed E-state index contributed by atoms with van der Waals surface area (Å²) in [4.78, 5) is 0. The molecular weight excluding hydrogens is 268 g/mol. The average Bonchev–Trinajstić information content (AvgIpc) is 2.29. The van der Waals surface area contributed by atoms with Gasteiger partial charge in [-0.2, -0.15) is 0 Å². The lowest BCUT2D eigenvalue weighted by Crippen LogP contribution is -2.14. The van der Waals surface area contributed by atoms with Crippen LogP contribution in [0.2, 0.25) is 0 Å². The Morgan fingerprint density at radius 1 is 1.28 bits per heavy atom. The van der Waals surface area contributed by atoms with Crippen molar-refractivity contribution in [2.75, 3.05) is 17.4 Å². The van der Waals surface area contributed by atoms with Crippen LogP contribution in [0.25, 0.3) is 0 Å². The minimum Gasteiger partial charge on any atom is -0.229 e. The Morgan fingerprint density at radius 2 is 2.00 bits per heavy atom. The van der Waals surface area contributed by atoms with E-state index in [1.54, 1.807) is 0 Å². The van der Waals surface area contributed by atoms with E-state index in [2.05, 4.69) is 6.07 Å². The van der Waals surface area contributed by atoms with E-state index >= 15 is 0 Å². The SMILES string of the molecule is CCCS(=O)(=O)CCC(CCl)c1cccc(C)c1. The third kappa shape index (κ3) is 4.99. The van der Waals surface area contributed by atoms with Crippen molar-refractivity contribution in [2.45, 2.75) is 32.6 Å². The summed E-state index contributed by atoms with van der Waals surface area (Å²) in [5, 5.41) is 0. The smallest absolute Gasteiger partial charge is 0.150 e. The van der Waals surface area contributed by atoms with E-state index in [1.165, 1.54) is 5.56 Å². The highest BCUT2D eigenvalue weighted by atomic mass is 35.5. The minimum atomic E-state index is -2.91. The van der Waals surface area contributed by atoms with Gasteiger partial charge in [-0.1, -0.05) is 36.8 Å². The van der Waals surface area contributed by atoms with E-state index in [1.807, 2.05) is 32.0 Å². The summed E-state index contributed by atoms with van der Waals surface area (Å²) in [6, 6.07) is 8.12. The first-order chi connectivity index (χ1) is 8.48. The second-order valence-electron chi connectivity index (χ2n) is 4.71. The third-order valence-corrected chi connectivity index (χ3v) is 5.25. The lowest BCUT2D eigenvalue weighted by Gasteiger charge is -2.15. The Balaban J connectivity index is 2.69. The maximum Gasteiger partial charge on any atom is 0.150 e. The summed E-state index contributed by atoms with van der Waals surface area (Å²) in [7, 11) is -2.91. The van der Waals surface area contributed by atoms with Crippen molar-refractivity contribution in [3.8, 4) is 0 Å². The molecule has 0 aliphatic carbocycles. The summed E-state index contributed by atoms with van der Waals surface area (Å²) < 4.78 is 23.4. The molecule has 1 unspecified atom stereocenters. The Labute approximate surface area is 115 Å². The second-order valence-corrected chi connectivity index (χ2v) is 7.32. The number of sulfone groups is 1. The minimum absolute atomic E-state index is 0.123. The zero-order valence-electron chi connectivity index (χ0n) is 11.0. The van der Waals surface area contributed by atoms with Crippen molar-refractivity contribution in [1.29, 1.82) is 0 Å². The number of hydrogen-bond acceptors (Lipinski definition) is 2. The van der Waals surface area contributed by atoms with Gasteiger partial charge >= 0.3 is 0 Å². The molecule has 0 heterocycles. The molecular formula is C14H21ClO2S. The molecule has 0 aromatic heterocycles. The van der Waals surface area contributed by atoms with Crippen molar-refractivity contribution in [3.05, 3.63) is 35.4 Å². The highest BCUT2D eigenvalue weighted by molar-refractivity contribution is 7.91. The monoisotopic (exact) mass is 288 g/mol. The molecule has 1 atom stereocenters. The lowest BCUT2D eigenvalue weighted by molar-refractivity contribution is 0.587. The summed E-state index contributed by atoms with van der Waals surface area (Å²) in [6.07, 6.45) is 1.29. The first kappa shape index (κ1) is 15.5. The van der Waals surface area contributed by atoms with Gasteiger partial charge in [-0.05, 0) is 31.2 Å². The lowest BCUT2D eigenvalue weighted by atomic mass is 9.97. The molecule has 2 nitrogen and oxygen atoms in total. The van der Waals surface area contributed by atoms with Crippen LogP contribution in [0.4, 0.5) is 0 Å². The Bertz CT molecular complexity index is 468. The van der Waals surface area contributed by atoms with Crippen LogP contribution in [0.3, 0.4) is 0 Å². The molecule has 0 spiro atoms. The quantitative estimate of drug-likeness (QED) is 0.719. The first-order valence-corrected chi connectivity index (χ1v) is 8.67. The summed E-state index contributed by atoms with van der Waals surface area (Å²) in [5.74, 6) is 1.09. The van der Waals surface area contributed by atoms with Gasteiger partial charge in [-0.3, -0.25) is 0 Å². The fourth-order valence-electron chi connectivity index (χ4n) is 1.99. The zero-order chi connectivity index (χ0) is 13.6. The van der Waals surface area contributed by atoms with Gasteiger partial charge in [0.15, 0.2) is 0 Å². The summed E-state index contributed by atoms with van der Waals surface area (Å²) in [6.45, 7) is 3.92. The molecule has 0 aliphatic heterocycles. The van der Waals surface area contributed by atoms with Crippen LogP contribution >= 0.6 is 11.6 Å². The molecule has 0 aliphatic rings. The molecule has 4 heteroatoms. The van der Waals surface area contributed by atoms with Crippen LogP contribution in [-0.4, -0.2) is 25.8 Å². The highest BCUT2D eigenvalue weighted by Crippen LogP contribution is 2.23. The molecule has 0 saturated heterocycles. The van der Waals surface area contributed by atoms with Crippen LogP contribution in [0.5, 0.6) is 0 Å². The first-order valence-electron chi connectivity index (χ1n) is 6.31. The second kappa shape index (κ2) is 7.15. The zero-order valence-corrected chi connectivity index (χ0v) is 12.6. The highest BCUT2D eigenvalue weighted by Gasteiger charge is 2.16. The van der Waals surface area contributed by atoms with E-state index in [-0.39, 0.29) is 17.4 Å². The number of halogens is 1. The molecule has 18 heavy (non-hydrogen) atoms. The molecule has 0 amide bonds. The van der Waals surface area contributed by atoms with Gasteiger partial charge in [-0.15, -0.1) is 11.6 Å². The average molecular weight is 289 g/mol. The number of aryl methyl sites for hydroxylation is 1. The van der Waals surface area contributed by atoms with Gasteiger partial charge in [0.1, 0.15) is 9.84 Å². The van der Waals surface area contributed by atoms with Gasteiger partial charge in [0, 0.05) is 11.6 Å². The van der Waals surface area contributed by atoms with Gasteiger partial charge in [0.25, 0.3) is 0 Å². The van der Waals surface area contributed by atoms with Crippen molar-refractivity contribution in [1.82, 2.24) is 0 Å². The van der Waals surface area contributed by atoms with Crippen molar-refractivity contribution >= 4 is 21.4 Å². The molecule has 0 radical (unpaired) electrons. The summed E-state index contributed by atoms with van der Waals surface area (Å²) in [5.41, 5.74) is 2.32. The molecule has 102 valence electrons. The van der Waals surface area contributed by atoms with Crippen molar-refractivity contribution in [3.63, 3.8) is 0 Å². The van der Waals surface area contributed by atoms with E-state index in [0.29, 0.717) is 18.7 Å². The van der Waals surface area contributed by atoms with Gasteiger partial charge in [0.2, 0.25) is 0 Å². The number of hydrogen-bond donors (Lipinski definition) is 0. The van der Waals surface area contributed by atoms with Gasteiger partial charge in [-0.25, -0.2) is 8.42 Å². The van der Waals surface area contributed by atoms with Gasteiger partial charge in [0.05, 0.1) is 5.75 Å². The van der Waals surface area contributed by atoms with E-state index < -0.39 is 9.84 Å². The van der Waals surface area contributed by atoms with Crippen LogP contribution in [0, 0.1) is 6.92 Å². The van der Waals surface area contributed by atoms with Crippen LogP contribution in [-0.2, 0) is 9.84 Å². The van der Waals surface area contributed by atoms with E-state index in [9.17, 15) is 8.42 Å². The topological polar surface area (TPSA) is 34.1 Å². The van der Waals surface area contributed by atoms with Crippen LogP contribution < -0.4 is 0 Å². The predicted molar refractivity (Wildman–Crippen MR) is 78.2 cm³/mol. The number of benzene rings is 1. The van der Waals surface area contributed by atoms with Crippen LogP contribution in [0.1, 0.15) is 36.8 Å². The van der Waals surface area contributed by atoms with Gasteiger partial charge < -0.3 is 0 Å². The fourth-order valence-corrected chi connectivity index (χ4v) is 3.79. The van der Waals surface area contributed by atoms with E-state index in [4.69, 9.17) is 11.6 Å². The Kier molecular flexibility index (Phi) is 6.16. The molecule has 0 fully saturated rings. The largest absolute Gasteiger partial charge is 0.229 e. The predicted octanol–water partition coefficient (Wildman–Crippen LogP) is 3.53. The Morgan fingerprint density at radius 3 is 2.56 bits per heavy atom. The molecule has 1 aromatic carbocycles. The summed E-state index contributed by atoms with van der Waals surface area (Å²) >= 11 is 5.97. The standard InChI is InChI=1S/C14H21ClO2S/c1-3-8-18(16,17)9-7-14(11-15)13-6-4-5-12(2)10-13/h4-6,10,14H,3,7-9,11H2,1-2H3. The third-order valence-electron chi connectivity index (χ3n) is 2.99.